The van der Waals surface area contributed by atoms with E-state index in [4.69, 9.17) is 14.2 Å². The third kappa shape index (κ3) is 4.47. The molecule has 4 nitrogen and oxygen atoms in total. The van der Waals surface area contributed by atoms with Crippen molar-refractivity contribution in [2.75, 3.05) is 33.5 Å². The molecule has 1 N–H and O–H groups in total. The Morgan fingerprint density at radius 2 is 2.30 bits per heavy atom. The third-order valence-electron chi connectivity index (χ3n) is 3.54. The van der Waals surface area contributed by atoms with Crippen LogP contribution >= 0.6 is 0 Å². The average molecular weight is 279 g/mol. The van der Waals surface area contributed by atoms with Crippen molar-refractivity contribution in [3.05, 3.63) is 29.8 Å². The Balaban J connectivity index is 2.01. The molecule has 4 heteroatoms. The van der Waals surface area contributed by atoms with Gasteiger partial charge in [0.2, 0.25) is 0 Å². The first-order chi connectivity index (χ1) is 9.83. The van der Waals surface area contributed by atoms with Crippen LogP contribution in [0.5, 0.6) is 5.75 Å². The molecule has 1 heterocycles. The molecule has 0 amide bonds. The van der Waals surface area contributed by atoms with Gasteiger partial charge in [-0.3, -0.25) is 0 Å². The summed E-state index contributed by atoms with van der Waals surface area (Å²) in [5.74, 6) is 0.901. The molecule has 0 saturated carbocycles. The zero-order valence-corrected chi connectivity index (χ0v) is 12.4. The maximum absolute atomic E-state index is 5.85. The lowest BCUT2D eigenvalue weighted by Gasteiger charge is -2.31. The lowest BCUT2D eigenvalue weighted by atomic mass is 10.0. The summed E-state index contributed by atoms with van der Waals surface area (Å²) in [6.45, 7) is 5.23. The van der Waals surface area contributed by atoms with Crippen molar-refractivity contribution in [1.29, 1.82) is 0 Å². The molecule has 2 rings (SSSR count). The van der Waals surface area contributed by atoms with Crippen LogP contribution in [0.4, 0.5) is 0 Å². The highest BCUT2D eigenvalue weighted by molar-refractivity contribution is 5.29. The van der Waals surface area contributed by atoms with Crippen LogP contribution < -0.4 is 10.1 Å². The molecule has 112 valence electrons. The van der Waals surface area contributed by atoms with Gasteiger partial charge in [0.25, 0.3) is 0 Å². The van der Waals surface area contributed by atoms with Crippen LogP contribution in [0, 0.1) is 0 Å². The molecule has 1 saturated heterocycles. The summed E-state index contributed by atoms with van der Waals surface area (Å²) in [5.41, 5.74) is 1.26. The van der Waals surface area contributed by atoms with Gasteiger partial charge in [-0.2, -0.15) is 0 Å². The van der Waals surface area contributed by atoms with Crippen LogP contribution in [0.15, 0.2) is 24.3 Å². The molecule has 1 aliphatic heterocycles. The Morgan fingerprint density at radius 1 is 1.40 bits per heavy atom. The van der Waals surface area contributed by atoms with Crippen LogP contribution in [0.2, 0.25) is 0 Å². The van der Waals surface area contributed by atoms with Crippen molar-refractivity contribution >= 4 is 0 Å². The quantitative estimate of drug-likeness (QED) is 0.829. The highest BCUT2D eigenvalue weighted by atomic mass is 16.6. The average Bonchev–Trinajstić information content (AvgIpc) is 2.52. The second kappa shape index (κ2) is 8.25. The van der Waals surface area contributed by atoms with Crippen molar-refractivity contribution in [2.45, 2.75) is 31.9 Å². The minimum atomic E-state index is 0.126. The second-order valence-corrected chi connectivity index (χ2v) is 5.10. The number of hydrogen-bond donors (Lipinski definition) is 1. The Labute approximate surface area is 121 Å². The molecular formula is C16H25NO3. The van der Waals surface area contributed by atoms with E-state index in [1.54, 1.807) is 7.11 Å². The van der Waals surface area contributed by atoms with E-state index in [1.165, 1.54) is 5.56 Å². The van der Waals surface area contributed by atoms with Crippen molar-refractivity contribution in [3.63, 3.8) is 0 Å². The van der Waals surface area contributed by atoms with Gasteiger partial charge in [0.1, 0.15) is 5.75 Å². The molecule has 1 aliphatic rings. The van der Waals surface area contributed by atoms with Crippen molar-refractivity contribution < 1.29 is 14.2 Å². The van der Waals surface area contributed by atoms with E-state index >= 15 is 0 Å². The molecule has 0 aliphatic carbocycles. The van der Waals surface area contributed by atoms with Gasteiger partial charge in [-0.1, -0.05) is 19.1 Å². The second-order valence-electron chi connectivity index (χ2n) is 5.10. The topological polar surface area (TPSA) is 39.7 Å². The van der Waals surface area contributed by atoms with E-state index in [9.17, 15) is 0 Å². The standard InChI is InChI=1S/C16H25NO3/c1-3-7-17-15(16-12-19-8-9-20-16)11-13-5-4-6-14(10-13)18-2/h4-6,10,15-17H,3,7-9,11-12H2,1-2H3. The molecule has 20 heavy (non-hydrogen) atoms. The molecule has 1 aromatic carbocycles. The molecule has 1 fully saturated rings. The number of methoxy groups -OCH3 is 1. The summed E-state index contributed by atoms with van der Waals surface area (Å²) in [6.07, 6.45) is 2.16. The van der Waals surface area contributed by atoms with Crippen molar-refractivity contribution in [1.82, 2.24) is 5.32 Å². The van der Waals surface area contributed by atoms with Crippen LogP contribution in [0.1, 0.15) is 18.9 Å². The predicted molar refractivity (Wildman–Crippen MR) is 79.3 cm³/mol. The fourth-order valence-electron chi connectivity index (χ4n) is 2.46. The lowest BCUT2D eigenvalue weighted by molar-refractivity contribution is -0.101. The third-order valence-corrected chi connectivity index (χ3v) is 3.54. The van der Waals surface area contributed by atoms with Crippen LogP contribution in [0.3, 0.4) is 0 Å². The van der Waals surface area contributed by atoms with Gasteiger partial charge in [0.05, 0.1) is 33.0 Å². The van der Waals surface area contributed by atoms with Gasteiger partial charge in [-0.05, 0) is 37.1 Å². The molecule has 2 atom stereocenters. The smallest absolute Gasteiger partial charge is 0.119 e. The normalized spacial score (nSPS) is 20.6. The maximum Gasteiger partial charge on any atom is 0.119 e. The molecule has 2 unspecified atom stereocenters. The van der Waals surface area contributed by atoms with E-state index in [0.717, 1.165) is 25.1 Å². The fraction of sp³-hybridized carbons (Fsp3) is 0.625. The van der Waals surface area contributed by atoms with Gasteiger partial charge < -0.3 is 19.5 Å². The monoisotopic (exact) mass is 279 g/mol. The summed E-state index contributed by atoms with van der Waals surface area (Å²) in [7, 11) is 1.70. The minimum absolute atomic E-state index is 0.126. The Hall–Kier alpha value is -1.10. The Kier molecular flexibility index (Phi) is 6.30. The molecule has 0 spiro atoms. The molecule has 0 radical (unpaired) electrons. The van der Waals surface area contributed by atoms with Gasteiger partial charge in [0.15, 0.2) is 0 Å². The van der Waals surface area contributed by atoms with Gasteiger partial charge >= 0.3 is 0 Å². The summed E-state index contributed by atoms with van der Waals surface area (Å²) in [5, 5.41) is 3.58. The predicted octanol–water partition coefficient (Wildman–Crippen LogP) is 2.02. The van der Waals surface area contributed by atoms with Crippen molar-refractivity contribution in [3.8, 4) is 5.75 Å². The van der Waals surface area contributed by atoms with Gasteiger partial charge in [-0.25, -0.2) is 0 Å². The lowest BCUT2D eigenvalue weighted by Crippen LogP contribution is -2.48. The highest BCUT2D eigenvalue weighted by Gasteiger charge is 2.24. The maximum atomic E-state index is 5.85. The summed E-state index contributed by atoms with van der Waals surface area (Å²) < 4.78 is 16.7. The number of benzene rings is 1. The highest BCUT2D eigenvalue weighted by Crippen LogP contribution is 2.17. The summed E-state index contributed by atoms with van der Waals surface area (Å²) >= 11 is 0. The van der Waals surface area contributed by atoms with Gasteiger partial charge in [-0.15, -0.1) is 0 Å². The SMILES string of the molecule is CCCNC(Cc1cccc(OC)c1)C1COCCO1. The van der Waals surface area contributed by atoms with Crippen LogP contribution in [-0.4, -0.2) is 45.6 Å². The van der Waals surface area contributed by atoms with Crippen LogP contribution in [-0.2, 0) is 15.9 Å². The molecule has 0 aromatic heterocycles. The van der Waals surface area contributed by atoms with E-state index in [2.05, 4.69) is 24.4 Å². The zero-order chi connectivity index (χ0) is 14.2. The first-order valence-electron chi connectivity index (χ1n) is 7.39. The zero-order valence-electron chi connectivity index (χ0n) is 12.4. The summed E-state index contributed by atoms with van der Waals surface area (Å²) in [4.78, 5) is 0. The van der Waals surface area contributed by atoms with E-state index in [1.807, 2.05) is 12.1 Å². The fourth-order valence-corrected chi connectivity index (χ4v) is 2.46. The number of hydrogen-bond acceptors (Lipinski definition) is 4. The Morgan fingerprint density at radius 3 is 3.00 bits per heavy atom. The summed E-state index contributed by atoms with van der Waals surface area (Å²) in [6, 6.07) is 8.50. The molecular weight excluding hydrogens is 254 g/mol. The van der Waals surface area contributed by atoms with Gasteiger partial charge in [0, 0.05) is 6.04 Å². The molecule has 1 aromatic rings. The first-order valence-corrected chi connectivity index (χ1v) is 7.39. The van der Waals surface area contributed by atoms with E-state index in [0.29, 0.717) is 19.8 Å². The van der Waals surface area contributed by atoms with E-state index in [-0.39, 0.29) is 12.1 Å². The van der Waals surface area contributed by atoms with Crippen molar-refractivity contribution in [2.24, 2.45) is 0 Å². The minimum Gasteiger partial charge on any atom is -0.497 e. The Bertz CT molecular complexity index is 391. The first kappa shape index (κ1) is 15.3. The number of rotatable bonds is 7. The number of nitrogens with one attached hydrogen (secondary N) is 1. The largest absolute Gasteiger partial charge is 0.497 e. The molecule has 0 bridgehead atoms. The number of ether oxygens (including phenoxy) is 3. The van der Waals surface area contributed by atoms with E-state index < -0.39 is 0 Å². The van der Waals surface area contributed by atoms with Crippen LogP contribution in [0.25, 0.3) is 0 Å².